The Balaban J connectivity index is 2.39. The van der Waals surface area contributed by atoms with Crippen molar-refractivity contribution in [3.05, 3.63) is 22.7 Å². The highest BCUT2D eigenvalue weighted by Gasteiger charge is 2.20. The minimum absolute atomic E-state index is 0.154. The second kappa shape index (κ2) is 5.28. The lowest BCUT2D eigenvalue weighted by Crippen LogP contribution is -2.20. The fraction of sp³-hybridized carbons (Fsp3) is 0.462. The molecule has 0 amide bonds. The molecule has 0 spiro atoms. The topological polar surface area (TPSA) is 69.6 Å². The fourth-order valence-electron chi connectivity index (χ4n) is 1.78. The van der Waals surface area contributed by atoms with Gasteiger partial charge >= 0.3 is 0 Å². The van der Waals surface area contributed by atoms with Gasteiger partial charge in [-0.25, -0.2) is 4.68 Å². The Bertz CT molecular complexity index is 556. The van der Waals surface area contributed by atoms with Gasteiger partial charge in [-0.3, -0.25) is 0 Å². The van der Waals surface area contributed by atoms with E-state index in [9.17, 15) is 0 Å². The van der Waals surface area contributed by atoms with Gasteiger partial charge in [0.05, 0.1) is 6.54 Å². The van der Waals surface area contributed by atoms with Gasteiger partial charge in [-0.1, -0.05) is 36.7 Å². The molecule has 0 unspecified atom stereocenters. The molecular weight excluding hydrogens is 306 g/mol. The summed E-state index contributed by atoms with van der Waals surface area (Å²) in [5, 5.41) is 12.0. The number of nitrogen functional groups attached to an aromatic ring is 1. The third-order valence-corrected chi connectivity index (χ3v) is 3.70. The summed E-state index contributed by atoms with van der Waals surface area (Å²) < 4.78 is 2.76. The number of hydrogen-bond donors (Lipinski definition) is 1. The zero-order valence-electron chi connectivity index (χ0n) is 11.4. The summed E-state index contributed by atoms with van der Waals surface area (Å²) in [7, 11) is 0. The molecule has 0 saturated carbocycles. The van der Waals surface area contributed by atoms with Crippen molar-refractivity contribution < 1.29 is 0 Å². The molecule has 102 valence electrons. The summed E-state index contributed by atoms with van der Waals surface area (Å²) in [6.45, 7) is 7.35. The maximum atomic E-state index is 5.86. The van der Waals surface area contributed by atoms with Crippen LogP contribution in [0.1, 0.15) is 27.2 Å². The van der Waals surface area contributed by atoms with Crippen LogP contribution >= 0.6 is 15.9 Å². The van der Waals surface area contributed by atoms with Crippen molar-refractivity contribution in [2.45, 2.75) is 33.7 Å². The van der Waals surface area contributed by atoms with Gasteiger partial charge in [-0.15, -0.1) is 5.10 Å². The van der Waals surface area contributed by atoms with E-state index in [-0.39, 0.29) is 5.41 Å². The maximum absolute atomic E-state index is 5.86. The van der Waals surface area contributed by atoms with Crippen LogP contribution in [0, 0.1) is 5.41 Å². The summed E-state index contributed by atoms with van der Waals surface area (Å²) in [6.07, 6.45) is 1.06. The van der Waals surface area contributed by atoms with Crippen molar-refractivity contribution in [3.8, 4) is 11.4 Å². The van der Waals surface area contributed by atoms with Gasteiger partial charge in [0.15, 0.2) is 5.82 Å². The third kappa shape index (κ3) is 3.32. The Morgan fingerprint density at radius 2 is 2.05 bits per heavy atom. The fourth-order valence-corrected chi connectivity index (χ4v) is 2.29. The van der Waals surface area contributed by atoms with Crippen molar-refractivity contribution in [3.63, 3.8) is 0 Å². The highest BCUT2D eigenvalue weighted by Crippen LogP contribution is 2.27. The van der Waals surface area contributed by atoms with Gasteiger partial charge in [0, 0.05) is 15.7 Å². The number of nitrogens with two attached hydrogens (primary N) is 1. The van der Waals surface area contributed by atoms with Crippen LogP contribution in [0.2, 0.25) is 0 Å². The molecule has 0 saturated heterocycles. The van der Waals surface area contributed by atoms with Crippen molar-refractivity contribution in [2.75, 3.05) is 5.73 Å². The molecule has 1 aromatic heterocycles. The van der Waals surface area contributed by atoms with E-state index < -0.39 is 0 Å². The predicted molar refractivity (Wildman–Crippen MR) is 79.4 cm³/mol. The van der Waals surface area contributed by atoms with E-state index in [1.165, 1.54) is 0 Å². The predicted octanol–water partition coefficient (Wildman–Crippen LogP) is 3.12. The lowest BCUT2D eigenvalue weighted by molar-refractivity contribution is 0.279. The van der Waals surface area contributed by atoms with Gasteiger partial charge in [0.25, 0.3) is 0 Å². The minimum atomic E-state index is 0.154. The summed E-state index contributed by atoms with van der Waals surface area (Å²) in [4.78, 5) is 0. The Morgan fingerprint density at radius 1 is 1.32 bits per heavy atom. The first-order valence-electron chi connectivity index (χ1n) is 6.24. The Morgan fingerprint density at radius 3 is 2.68 bits per heavy atom. The second-order valence-electron chi connectivity index (χ2n) is 5.45. The number of tetrazole rings is 1. The highest BCUT2D eigenvalue weighted by molar-refractivity contribution is 9.10. The molecule has 2 N–H and O–H groups in total. The van der Waals surface area contributed by atoms with Crippen molar-refractivity contribution in [1.82, 2.24) is 20.2 Å². The van der Waals surface area contributed by atoms with E-state index in [1.807, 2.05) is 22.9 Å². The van der Waals surface area contributed by atoms with E-state index in [0.717, 1.165) is 28.8 Å². The molecule has 0 radical (unpaired) electrons. The SMILES string of the molecule is CCC(C)(C)Cn1nnnc1-c1cc(N)cc(Br)c1. The minimum Gasteiger partial charge on any atom is -0.399 e. The van der Waals surface area contributed by atoms with Crippen molar-refractivity contribution >= 4 is 21.6 Å². The summed E-state index contributed by atoms with van der Waals surface area (Å²) in [6, 6.07) is 5.71. The van der Waals surface area contributed by atoms with Crippen LogP contribution in [0.5, 0.6) is 0 Å². The second-order valence-corrected chi connectivity index (χ2v) is 6.37. The van der Waals surface area contributed by atoms with Crippen LogP contribution in [0.15, 0.2) is 22.7 Å². The number of nitrogens with zero attached hydrogens (tertiary/aromatic N) is 4. The first kappa shape index (κ1) is 14.0. The van der Waals surface area contributed by atoms with E-state index in [1.54, 1.807) is 0 Å². The first-order valence-corrected chi connectivity index (χ1v) is 7.03. The Kier molecular flexibility index (Phi) is 3.89. The smallest absolute Gasteiger partial charge is 0.182 e. The van der Waals surface area contributed by atoms with E-state index in [2.05, 4.69) is 52.2 Å². The molecule has 0 aliphatic carbocycles. The number of halogens is 1. The third-order valence-electron chi connectivity index (χ3n) is 3.25. The molecule has 6 heteroatoms. The summed E-state index contributed by atoms with van der Waals surface area (Å²) in [5.41, 5.74) is 7.62. The Hall–Kier alpha value is -1.43. The lowest BCUT2D eigenvalue weighted by atomic mass is 9.90. The molecule has 0 bridgehead atoms. The van der Waals surface area contributed by atoms with Crippen LogP contribution < -0.4 is 5.73 Å². The number of rotatable bonds is 4. The van der Waals surface area contributed by atoms with Gasteiger partial charge in [-0.2, -0.15) is 0 Å². The number of anilines is 1. The summed E-state index contributed by atoms with van der Waals surface area (Å²) in [5.74, 6) is 0.745. The number of hydrogen-bond acceptors (Lipinski definition) is 4. The number of aromatic nitrogens is 4. The first-order chi connectivity index (χ1) is 8.91. The van der Waals surface area contributed by atoms with Crippen LogP contribution in [0.4, 0.5) is 5.69 Å². The van der Waals surface area contributed by atoms with Gasteiger partial charge in [0.2, 0.25) is 0 Å². The molecule has 2 rings (SSSR count). The van der Waals surface area contributed by atoms with E-state index >= 15 is 0 Å². The quantitative estimate of drug-likeness (QED) is 0.877. The molecule has 1 aromatic carbocycles. The van der Waals surface area contributed by atoms with Crippen LogP contribution in [0.3, 0.4) is 0 Å². The molecule has 1 heterocycles. The van der Waals surface area contributed by atoms with E-state index in [0.29, 0.717) is 5.69 Å². The molecule has 0 atom stereocenters. The zero-order valence-corrected chi connectivity index (χ0v) is 13.0. The van der Waals surface area contributed by atoms with Gasteiger partial charge < -0.3 is 5.73 Å². The average molecular weight is 324 g/mol. The normalized spacial score (nSPS) is 11.8. The highest BCUT2D eigenvalue weighted by atomic mass is 79.9. The monoisotopic (exact) mass is 323 g/mol. The van der Waals surface area contributed by atoms with E-state index in [4.69, 9.17) is 5.73 Å². The van der Waals surface area contributed by atoms with Crippen molar-refractivity contribution in [1.29, 1.82) is 0 Å². The standard InChI is InChI=1S/C13H18BrN5/c1-4-13(2,3)8-19-12(16-17-18-19)9-5-10(14)7-11(15)6-9/h5-7H,4,8,15H2,1-3H3. The molecule has 19 heavy (non-hydrogen) atoms. The van der Waals surface area contributed by atoms with Crippen LogP contribution in [0.25, 0.3) is 11.4 Å². The van der Waals surface area contributed by atoms with Crippen molar-refractivity contribution in [2.24, 2.45) is 5.41 Å². The van der Waals surface area contributed by atoms with Gasteiger partial charge in [-0.05, 0) is 40.5 Å². The molecule has 2 aromatic rings. The summed E-state index contributed by atoms with van der Waals surface area (Å²) >= 11 is 3.44. The largest absolute Gasteiger partial charge is 0.399 e. The molecule has 0 aliphatic rings. The lowest BCUT2D eigenvalue weighted by Gasteiger charge is -2.22. The van der Waals surface area contributed by atoms with Crippen LogP contribution in [-0.2, 0) is 6.54 Å². The van der Waals surface area contributed by atoms with Crippen LogP contribution in [-0.4, -0.2) is 20.2 Å². The average Bonchev–Trinajstić information content (AvgIpc) is 2.75. The molecule has 0 fully saturated rings. The zero-order chi connectivity index (χ0) is 14.0. The molecule has 0 aliphatic heterocycles. The molecule has 5 nitrogen and oxygen atoms in total. The Labute approximate surface area is 121 Å². The van der Waals surface area contributed by atoms with Gasteiger partial charge in [0.1, 0.15) is 0 Å². The maximum Gasteiger partial charge on any atom is 0.182 e. The molecular formula is C13H18BrN5. The number of benzene rings is 1.